The molecule has 2 rings (SSSR count). The van der Waals surface area contributed by atoms with Gasteiger partial charge >= 0.3 is 0 Å². The van der Waals surface area contributed by atoms with E-state index < -0.39 is 0 Å². The molecule has 2 N–H and O–H groups in total. The lowest BCUT2D eigenvalue weighted by atomic mass is 9.84. The van der Waals surface area contributed by atoms with Crippen LogP contribution >= 0.6 is 0 Å². The van der Waals surface area contributed by atoms with Crippen molar-refractivity contribution in [3.63, 3.8) is 0 Å². The highest BCUT2D eigenvalue weighted by molar-refractivity contribution is 5.86. The predicted octanol–water partition coefficient (Wildman–Crippen LogP) is 0.799. The molecule has 0 aromatic heterocycles. The third kappa shape index (κ3) is 1.70. The zero-order valence-corrected chi connectivity index (χ0v) is 8.07. The van der Waals surface area contributed by atoms with Crippen LogP contribution in [0.3, 0.4) is 0 Å². The maximum atomic E-state index is 11.8. The highest BCUT2D eigenvalue weighted by atomic mass is 16.2. The van der Waals surface area contributed by atoms with Gasteiger partial charge in [0.2, 0.25) is 5.91 Å². The maximum Gasteiger partial charge on any atom is 0.240 e. The van der Waals surface area contributed by atoms with Crippen LogP contribution in [-0.4, -0.2) is 24.5 Å². The minimum atomic E-state index is -0.200. The molecule has 74 valence electrons. The van der Waals surface area contributed by atoms with Crippen LogP contribution in [0, 0.1) is 0 Å². The van der Waals surface area contributed by atoms with E-state index in [0.29, 0.717) is 0 Å². The molecule has 0 radical (unpaired) electrons. The summed E-state index contributed by atoms with van der Waals surface area (Å²) in [4.78, 5) is 11.8. The molecule has 0 saturated carbocycles. The Hall–Kier alpha value is -0.570. The van der Waals surface area contributed by atoms with E-state index >= 15 is 0 Å². The van der Waals surface area contributed by atoms with Gasteiger partial charge in [-0.15, -0.1) is 0 Å². The monoisotopic (exact) mass is 182 g/mol. The highest BCUT2D eigenvalue weighted by Crippen LogP contribution is 2.26. The Kier molecular flexibility index (Phi) is 2.54. The minimum absolute atomic E-state index is 0.200. The summed E-state index contributed by atoms with van der Waals surface area (Å²) in [6.07, 6.45) is 6.77. The fraction of sp³-hybridized carbons (Fsp3) is 0.900. The molecule has 2 heterocycles. The largest absolute Gasteiger partial charge is 0.354 e. The summed E-state index contributed by atoms with van der Waals surface area (Å²) in [6, 6.07) is 0. The Bertz CT molecular complexity index is 197. The van der Waals surface area contributed by atoms with Crippen LogP contribution in [0.15, 0.2) is 0 Å². The van der Waals surface area contributed by atoms with E-state index in [1.54, 1.807) is 0 Å². The van der Waals surface area contributed by atoms with Gasteiger partial charge in [0.1, 0.15) is 0 Å². The first-order valence-corrected chi connectivity index (χ1v) is 5.37. The average Bonchev–Trinajstić information content (AvgIpc) is 2.33. The molecule has 2 saturated heterocycles. The molecule has 1 spiro atoms. The normalized spacial score (nSPS) is 35.5. The summed E-state index contributed by atoms with van der Waals surface area (Å²) >= 11 is 0. The summed E-state index contributed by atoms with van der Waals surface area (Å²) in [6.45, 7) is 1.87. The molecule has 3 nitrogen and oxygen atoms in total. The second-order valence-electron chi connectivity index (χ2n) is 4.18. The lowest BCUT2D eigenvalue weighted by Crippen LogP contribution is -2.58. The van der Waals surface area contributed by atoms with Gasteiger partial charge < -0.3 is 10.6 Å². The fourth-order valence-electron chi connectivity index (χ4n) is 2.41. The van der Waals surface area contributed by atoms with E-state index in [-0.39, 0.29) is 11.4 Å². The van der Waals surface area contributed by atoms with E-state index in [9.17, 15) is 4.79 Å². The summed E-state index contributed by atoms with van der Waals surface area (Å²) in [5.41, 5.74) is -0.200. The Morgan fingerprint density at radius 2 is 1.69 bits per heavy atom. The van der Waals surface area contributed by atoms with Crippen LogP contribution in [0.1, 0.15) is 38.5 Å². The molecule has 2 aliphatic rings. The van der Waals surface area contributed by atoms with Gasteiger partial charge in [-0.25, -0.2) is 0 Å². The Labute approximate surface area is 79.3 Å². The number of hydrogen-bond acceptors (Lipinski definition) is 2. The van der Waals surface area contributed by atoms with Gasteiger partial charge in [-0.05, 0) is 45.1 Å². The summed E-state index contributed by atoms with van der Waals surface area (Å²) < 4.78 is 0. The molecule has 0 aromatic carbocycles. The van der Waals surface area contributed by atoms with Crippen LogP contribution in [-0.2, 0) is 4.79 Å². The fourth-order valence-corrected chi connectivity index (χ4v) is 2.41. The van der Waals surface area contributed by atoms with E-state index in [1.807, 2.05) is 0 Å². The topological polar surface area (TPSA) is 41.1 Å². The van der Waals surface area contributed by atoms with Crippen molar-refractivity contribution >= 4 is 5.91 Å². The van der Waals surface area contributed by atoms with Crippen LogP contribution < -0.4 is 10.6 Å². The second-order valence-corrected chi connectivity index (χ2v) is 4.18. The number of nitrogens with one attached hydrogen (secondary N) is 2. The first-order valence-electron chi connectivity index (χ1n) is 5.37. The number of piperidine rings is 1. The number of carbonyl (C=O) groups is 1. The number of carbonyl (C=O) groups excluding carboxylic acids is 1. The van der Waals surface area contributed by atoms with Crippen molar-refractivity contribution in [2.75, 3.05) is 13.1 Å². The van der Waals surface area contributed by atoms with Crippen LogP contribution in [0.5, 0.6) is 0 Å². The van der Waals surface area contributed by atoms with E-state index in [1.165, 1.54) is 19.3 Å². The van der Waals surface area contributed by atoms with Crippen LogP contribution in [0.25, 0.3) is 0 Å². The smallest absolute Gasteiger partial charge is 0.240 e. The summed E-state index contributed by atoms with van der Waals surface area (Å²) in [5, 5.41) is 6.42. The highest BCUT2D eigenvalue weighted by Gasteiger charge is 2.39. The average molecular weight is 182 g/mol. The Balaban J connectivity index is 2.10. The van der Waals surface area contributed by atoms with Gasteiger partial charge in [0.25, 0.3) is 0 Å². The quantitative estimate of drug-likeness (QED) is 0.582. The minimum Gasteiger partial charge on any atom is -0.354 e. The van der Waals surface area contributed by atoms with Crippen molar-refractivity contribution in [1.82, 2.24) is 10.6 Å². The van der Waals surface area contributed by atoms with Crippen molar-refractivity contribution < 1.29 is 4.79 Å². The number of hydrogen-bond donors (Lipinski definition) is 2. The van der Waals surface area contributed by atoms with Gasteiger partial charge in [0.15, 0.2) is 0 Å². The molecule has 1 unspecified atom stereocenters. The van der Waals surface area contributed by atoms with Crippen molar-refractivity contribution in [2.24, 2.45) is 0 Å². The Morgan fingerprint density at radius 1 is 1.00 bits per heavy atom. The lowest BCUT2D eigenvalue weighted by molar-refractivity contribution is -0.128. The zero-order valence-electron chi connectivity index (χ0n) is 8.07. The van der Waals surface area contributed by atoms with Gasteiger partial charge in [0.05, 0.1) is 5.54 Å². The summed E-state index contributed by atoms with van der Waals surface area (Å²) in [7, 11) is 0. The third-order valence-corrected chi connectivity index (χ3v) is 3.24. The second kappa shape index (κ2) is 3.66. The van der Waals surface area contributed by atoms with Gasteiger partial charge in [-0.1, -0.05) is 0 Å². The van der Waals surface area contributed by atoms with Crippen LogP contribution in [0.4, 0.5) is 0 Å². The standard InChI is InChI=1S/C10H18N2O/c13-9-10(5-1-3-7-11-9)6-2-4-8-12-10/h12H,1-8H2,(H,11,13). The molecular weight excluding hydrogens is 164 g/mol. The summed E-state index contributed by atoms with van der Waals surface area (Å²) in [5.74, 6) is 0.240. The van der Waals surface area contributed by atoms with E-state index in [4.69, 9.17) is 0 Å². The van der Waals surface area contributed by atoms with Crippen molar-refractivity contribution in [3.8, 4) is 0 Å². The first-order chi connectivity index (χ1) is 6.33. The Morgan fingerprint density at radius 3 is 2.46 bits per heavy atom. The molecule has 1 atom stereocenters. The molecule has 3 heteroatoms. The number of amides is 1. The zero-order chi connectivity index (χ0) is 9.15. The van der Waals surface area contributed by atoms with Gasteiger partial charge in [-0.2, -0.15) is 0 Å². The third-order valence-electron chi connectivity index (χ3n) is 3.24. The van der Waals surface area contributed by atoms with Crippen molar-refractivity contribution in [1.29, 1.82) is 0 Å². The molecule has 1 amide bonds. The molecule has 0 bridgehead atoms. The first kappa shape index (κ1) is 9.00. The predicted molar refractivity (Wildman–Crippen MR) is 51.4 cm³/mol. The maximum absolute atomic E-state index is 11.8. The molecule has 0 aromatic rings. The molecular formula is C10H18N2O. The van der Waals surface area contributed by atoms with Crippen LogP contribution in [0.2, 0.25) is 0 Å². The molecule has 13 heavy (non-hydrogen) atoms. The SMILES string of the molecule is O=C1NCCCCC12CCCCN2. The molecule has 0 aliphatic carbocycles. The molecule has 2 aliphatic heterocycles. The van der Waals surface area contributed by atoms with E-state index in [0.717, 1.165) is 32.4 Å². The van der Waals surface area contributed by atoms with E-state index in [2.05, 4.69) is 10.6 Å². The molecule has 2 fully saturated rings. The number of rotatable bonds is 0. The van der Waals surface area contributed by atoms with Gasteiger partial charge in [0, 0.05) is 6.54 Å². The van der Waals surface area contributed by atoms with Crippen molar-refractivity contribution in [3.05, 3.63) is 0 Å². The van der Waals surface area contributed by atoms with Crippen molar-refractivity contribution in [2.45, 2.75) is 44.1 Å². The van der Waals surface area contributed by atoms with Gasteiger partial charge in [-0.3, -0.25) is 4.79 Å². The lowest BCUT2D eigenvalue weighted by Gasteiger charge is -2.35.